The average Bonchev–Trinajstić information content (AvgIpc) is 2.81. The number of anilines is 1. The van der Waals surface area contributed by atoms with Gasteiger partial charge in [-0.3, -0.25) is 0 Å². The van der Waals surface area contributed by atoms with Crippen molar-refractivity contribution in [1.82, 2.24) is 4.72 Å². The van der Waals surface area contributed by atoms with Gasteiger partial charge in [0.25, 0.3) is 0 Å². The van der Waals surface area contributed by atoms with Crippen molar-refractivity contribution in [3.63, 3.8) is 0 Å². The molecule has 2 rings (SSSR count). The molecule has 1 aliphatic rings. The van der Waals surface area contributed by atoms with Crippen LogP contribution in [0.1, 0.15) is 27.2 Å². The number of hydrogen-bond acceptors (Lipinski definition) is 4. The van der Waals surface area contributed by atoms with Gasteiger partial charge in [-0.15, -0.1) is 0 Å². The second-order valence-electron chi connectivity index (χ2n) is 5.78. The zero-order chi connectivity index (χ0) is 15.5. The maximum atomic E-state index is 12.3. The summed E-state index contributed by atoms with van der Waals surface area (Å²) in [6, 6.07) is 6.87. The van der Waals surface area contributed by atoms with E-state index in [4.69, 9.17) is 4.74 Å². The van der Waals surface area contributed by atoms with E-state index in [1.165, 1.54) is 0 Å². The van der Waals surface area contributed by atoms with E-state index in [9.17, 15) is 8.42 Å². The summed E-state index contributed by atoms with van der Waals surface area (Å²) >= 11 is 0. The summed E-state index contributed by atoms with van der Waals surface area (Å²) in [5.74, 6) is 0.416. The summed E-state index contributed by atoms with van der Waals surface area (Å²) < 4.78 is 32.8. The molecule has 0 aliphatic carbocycles. The van der Waals surface area contributed by atoms with Crippen LogP contribution in [0.4, 0.5) is 5.69 Å². The van der Waals surface area contributed by atoms with Gasteiger partial charge < -0.3 is 10.1 Å². The Labute approximate surface area is 127 Å². The molecule has 0 bridgehead atoms. The zero-order valence-electron chi connectivity index (χ0n) is 12.8. The number of nitrogens with one attached hydrogen (secondary N) is 2. The van der Waals surface area contributed by atoms with Crippen LogP contribution in [0.3, 0.4) is 0 Å². The number of ether oxygens (including phenoxy) is 1. The average molecular weight is 312 g/mol. The molecule has 21 heavy (non-hydrogen) atoms. The van der Waals surface area contributed by atoms with E-state index in [0.29, 0.717) is 16.5 Å². The third kappa shape index (κ3) is 4.18. The normalized spacial score (nSPS) is 22.7. The third-order valence-electron chi connectivity index (χ3n) is 3.66. The van der Waals surface area contributed by atoms with Gasteiger partial charge in [0.15, 0.2) is 0 Å². The predicted molar refractivity (Wildman–Crippen MR) is 83.9 cm³/mol. The maximum Gasteiger partial charge on any atom is 0.242 e. The Morgan fingerprint density at radius 2 is 2.05 bits per heavy atom. The molecule has 2 unspecified atom stereocenters. The molecule has 1 heterocycles. The Kier molecular flexibility index (Phi) is 5.24. The lowest BCUT2D eigenvalue weighted by molar-refractivity contribution is 0.108. The molecular formula is C15H24N2O3S. The van der Waals surface area contributed by atoms with Gasteiger partial charge in [-0.05, 0) is 39.3 Å². The van der Waals surface area contributed by atoms with Crippen molar-refractivity contribution >= 4 is 15.7 Å². The first kappa shape index (κ1) is 16.3. The highest BCUT2D eigenvalue weighted by Crippen LogP contribution is 2.24. The monoisotopic (exact) mass is 312 g/mol. The van der Waals surface area contributed by atoms with Crippen molar-refractivity contribution in [2.45, 2.75) is 44.2 Å². The molecule has 6 heteroatoms. The highest BCUT2D eigenvalue weighted by atomic mass is 32.2. The highest BCUT2D eigenvalue weighted by Gasteiger charge is 2.25. The molecule has 1 saturated heterocycles. The number of rotatable bonds is 6. The van der Waals surface area contributed by atoms with E-state index in [-0.39, 0.29) is 12.1 Å². The van der Waals surface area contributed by atoms with Crippen LogP contribution in [0.15, 0.2) is 29.2 Å². The molecule has 5 nitrogen and oxygen atoms in total. The Morgan fingerprint density at radius 1 is 1.33 bits per heavy atom. The minimum absolute atomic E-state index is 0.133. The van der Waals surface area contributed by atoms with Crippen LogP contribution >= 0.6 is 0 Å². The number of benzene rings is 1. The van der Waals surface area contributed by atoms with Crippen LogP contribution in [0, 0.1) is 5.92 Å². The van der Waals surface area contributed by atoms with Crippen LogP contribution < -0.4 is 10.0 Å². The first-order valence-corrected chi connectivity index (χ1v) is 8.85. The van der Waals surface area contributed by atoms with Gasteiger partial charge in [-0.25, -0.2) is 13.1 Å². The van der Waals surface area contributed by atoms with Gasteiger partial charge in [-0.1, -0.05) is 12.1 Å². The molecule has 0 spiro atoms. The SMILES string of the molecule is CC(C)NS(=O)(=O)c1ccccc1NCC1CCOC1C. The fraction of sp³-hybridized carbons (Fsp3) is 0.600. The van der Waals surface area contributed by atoms with Crippen LogP contribution in [-0.2, 0) is 14.8 Å². The molecule has 0 aromatic heterocycles. The second-order valence-corrected chi connectivity index (χ2v) is 7.46. The first-order chi connectivity index (χ1) is 9.90. The van der Waals surface area contributed by atoms with Gasteiger partial charge in [0, 0.05) is 25.1 Å². The lowest BCUT2D eigenvalue weighted by Gasteiger charge is -2.18. The van der Waals surface area contributed by atoms with E-state index in [0.717, 1.165) is 19.6 Å². The molecule has 2 N–H and O–H groups in total. The van der Waals surface area contributed by atoms with Gasteiger partial charge in [-0.2, -0.15) is 0 Å². The molecule has 1 fully saturated rings. The molecular weight excluding hydrogens is 288 g/mol. The van der Waals surface area contributed by atoms with E-state index < -0.39 is 10.0 Å². The Balaban J connectivity index is 2.13. The quantitative estimate of drug-likeness (QED) is 0.845. The summed E-state index contributed by atoms with van der Waals surface area (Å²) in [6.45, 7) is 7.18. The van der Waals surface area contributed by atoms with Crippen molar-refractivity contribution in [3.05, 3.63) is 24.3 Å². The standard InChI is InChI=1S/C15H24N2O3S/c1-11(2)17-21(18,19)15-7-5-4-6-14(15)16-10-13-8-9-20-12(13)3/h4-7,11-13,16-17H,8-10H2,1-3H3. The molecule has 1 aromatic carbocycles. The van der Waals surface area contributed by atoms with Gasteiger partial charge in [0.1, 0.15) is 4.90 Å². The minimum Gasteiger partial charge on any atom is -0.384 e. The minimum atomic E-state index is -3.49. The van der Waals surface area contributed by atoms with E-state index in [2.05, 4.69) is 17.0 Å². The summed E-state index contributed by atoms with van der Waals surface area (Å²) in [7, 11) is -3.49. The Bertz CT molecular complexity index is 572. The Morgan fingerprint density at radius 3 is 2.67 bits per heavy atom. The van der Waals surface area contributed by atoms with E-state index >= 15 is 0 Å². The molecule has 118 valence electrons. The van der Waals surface area contributed by atoms with Crippen LogP contribution in [-0.4, -0.2) is 33.7 Å². The smallest absolute Gasteiger partial charge is 0.242 e. The topological polar surface area (TPSA) is 67.4 Å². The predicted octanol–water partition coefficient (Wildman–Crippen LogP) is 2.21. The Hall–Kier alpha value is -1.11. The fourth-order valence-corrected chi connectivity index (χ4v) is 3.94. The van der Waals surface area contributed by atoms with Crippen LogP contribution in [0.2, 0.25) is 0 Å². The number of hydrogen-bond donors (Lipinski definition) is 2. The molecule has 2 atom stereocenters. The molecule has 0 saturated carbocycles. The van der Waals surface area contributed by atoms with Crippen molar-refractivity contribution in [1.29, 1.82) is 0 Å². The van der Waals surface area contributed by atoms with Gasteiger partial charge in [0.2, 0.25) is 10.0 Å². The lowest BCUT2D eigenvalue weighted by Crippen LogP contribution is -2.31. The van der Waals surface area contributed by atoms with Gasteiger partial charge in [0.05, 0.1) is 11.8 Å². The maximum absolute atomic E-state index is 12.3. The summed E-state index contributed by atoms with van der Waals surface area (Å²) in [5.41, 5.74) is 0.643. The first-order valence-electron chi connectivity index (χ1n) is 7.37. The molecule has 1 aromatic rings. The third-order valence-corrected chi connectivity index (χ3v) is 5.37. The van der Waals surface area contributed by atoms with E-state index in [1.807, 2.05) is 19.9 Å². The summed E-state index contributed by atoms with van der Waals surface area (Å²) in [4.78, 5) is 0.297. The summed E-state index contributed by atoms with van der Waals surface area (Å²) in [5, 5.41) is 3.27. The highest BCUT2D eigenvalue weighted by molar-refractivity contribution is 7.89. The number of sulfonamides is 1. The largest absolute Gasteiger partial charge is 0.384 e. The zero-order valence-corrected chi connectivity index (χ0v) is 13.6. The molecule has 0 radical (unpaired) electrons. The van der Waals surface area contributed by atoms with Gasteiger partial charge >= 0.3 is 0 Å². The van der Waals surface area contributed by atoms with E-state index in [1.54, 1.807) is 18.2 Å². The number of para-hydroxylation sites is 1. The fourth-order valence-electron chi connectivity index (χ4n) is 2.51. The van der Waals surface area contributed by atoms with Crippen molar-refractivity contribution in [3.8, 4) is 0 Å². The van der Waals surface area contributed by atoms with Crippen LogP contribution in [0.25, 0.3) is 0 Å². The summed E-state index contributed by atoms with van der Waals surface area (Å²) in [6.07, 6.45) is 1.22. The van der Waals surface area contributed by atoms with Crippen molar-refractivity contribution < 1.29 is 13.2 Å². The van der Waals surface area contributed by atoms with Crippen molar-refractivity contribution in [2.75, 3.05) is 18.5 Å². The van der Waals surface area contributed by atoms with Crippen molar-refractivity contribution in [2.24, 2.45) is 5.92 Å². The molecule has 1 aliphatic heterocycles. The molecule has 0 amide bonds. The second kappa shape index (κ2) is 6.77. The van der Waals surface area contributed by atoms with Crippen LogP contribution in [0.5, 0.6) is 0 Å². The lowest BCUT2D eigenvalue weighted by atomic mass is 10.0.